The van der Waals surface area contributed by atoms with E-state index in [-0.39, 0.29) is 12.0 Å². The molecule has 146 valence electrons. The second-order valence-electron chi connectivity index (χ2n) is 6.51. The Morgan fingerprint density at radius 3 is 2.89 bits per heavy atom. The molecular weight excluding hydrogens is 419 g/mol. The molecule has 0 spiro atoms. The smallest absolute Gasteiger partial charge is 0.261 e. The minimum Gasteiger partial charge on any atom is -0.497 e. The summed E-state index contributed by atoms with van der Waals surface area (Å²) in [5, 5.41) is 1.41. The molecule has 2 aromatic carbocycles. The molecule has 28 heavy (non-hydrogen) atoms. The van der Waals surface area contributed by atoms with Crippen LogP contribution in [-0.4, -0.2) is 37.3 Å². The molecule has 1 unspecified atom stereocenters. The minimum absolute atomic E-state index is 0.0171. The number of ether oxygens (including phenoxy) is 2. The number of hydrogen-bond donors (Lipinski definition) is 0. The maximum atomic E-state index is 13.3. The van der Waals surface area contributed by atoms with Gasteiger partial charge in [0, 0.05) is 11.6 Å². The van der Waals surface area contributed by atoms with E-state index in [0.717, 1.165) is 28.8 Å². The number of anilines is 1. The van der Waals surface area contributed by atoms with E-state index in [2.05, 4.69) is 4.98 Å². The summed E-state index contributed by atoms with van der Waals surface area (Å²) in [6.07, 6.45) is 1.89. The molecule has 1 aliphatic heterocycles. The predicted molar refractivity (Wildman–Crippen MR) is 113 cm³/mol. The van der Waals surface area contributed by atoms with Crippen molar-refractivity contribution in [3.05, 3.63) is 52.0 Å². The van der Waals surface area contributed by atoms with Crippen molar-refractivity contribution in [2.45, 2.75) is 18.9 Å². The molecule has 0 radical (unpaired) electrons. The normalized spacial score (nSPS) is 16.5. The molecule has 1 fully saturated rings. The lowest BCUT2D eigenvalue weighted by atomic mass is 10.1. The monoisotopic (exact) mass is 436 g/mol. The van der Waals surface area contributed by atoms with E-state index < -0.39 is 0 Å². The third kappa shape index (κ3) is 3.96. The Balaban J connectivity index is 1.73. The molecule has 1 saturated heterocycles. The van der Waals surface area contributed by atoms with E-state index in [0.29, 0.717) is 33.9 Å². The second kappa shape index (κ2) is 8.25. The van der Waals surface area contributed by atoms with Crippen LogP contribution in [0.3, 0.4) is 0 Å². The number of nitrogens with zero attached hydrogens (tertiary/aromatic N) is 2. The number of halogens is 2. The number of hydrogen-bond acceptors (Lipinski definition) is 5. The van der Waals surface area contributed by atoms with E-state index >= 15 is 0 Å². The van der Waals surface area contributed by atoms with Crippen LogP contribution >= 0.6 is 34.5 Å². The summed E-state index contributed by atoms with van der Waals surface area (Å²) < 4.78 is 12.0. The van der Waals surface area contributed by atoms with Gasteiger partial charge in [-0.3, -0.25) is 9.69 Å². The van der Waals surface area contributed by atoms with Gasteiger partial charge in [-0.15, -0.1) is 0 Å². The first-order valence-electron chi connectivity index (χ1n) is 8.88. The Hall–Kier alpha value is -1.86. The van der Waals surface area contributed by atoms with Crippen LogP contribution in [0.15, 0.2) is 36.4 Å². The molecule has 1 amide bonds. The fourth-order valence-corrected chi connectivity index (χ4v) is 4.67. The molecular formula is C20H18Cl2N2O3S. The molecule has 2 heterocycles. The Morgan fingerprint density at radius 2 is 2.18 bits per heavy atom. The van der Waals surface area contributed by atoms with Gasteiger partial charge in [0.1, 0.15) is 5.75 Å². The second-order valence-corrected chi connectivity index (χ2v) is 8.36. The lowest BCUT2D eigenvalue weighted by Gasteiger charge is -2.23. The van der Waals surface area contributed by atoms with Gasteiger partial charge < -0.3 is 9.47 Å². The van der Waals surface area contributed by atoms with Gasteiger partial charge in [0.05, 0.1) is 40.6 Å². The predicted octanol–water partition coefficient (Wildman–Crippen LogP) is 5.44. The number of carbonyl (C=O) groups excluding carboxylic acids is 1. The van der Waals surface area contributed by atoms with Crippen LogP contribution in [0.5, 0.6) is 5.75 Å². The zero-order valence-electron chi connectivity index (χ0n) is 15.2. The van der Waals surface area contributed by atoms with Gasteiger partial charge in [-0.2, -0.15) is 0 Å². The van der Waals surface area contributed by atoms with Crippen molar-refractivity contribution in [1.29, 1.82) is 0 Å². The molecule has 3 aromatic rings. The summed E-state index contributed by atoms with van der Waals surface area (Å²) >= 11 is 13.7. The number of carbonyl (C=O) groups is 1. The maximum absolute atomic E-state index is 13.3. The SMILES string of the molecule is COc1ccc2nc(N(CC3CCCO3)C(=O)c3ccc(Cl)cc3Cl)sc2c1. The average molecular weight is 437 g/mol. The summed E-state index contributed by atoms with van der Waals surface area (Å²) in [5.74, 6) is 0.531. The minimum atomic E-state index is -0.219. The molecule has 4 rings (SSSR count). The van der Waals surface area contributed by atoms with Crippen molar-refractivity contribution >= 4 is 55.8 Å². The third-order valence-electron chi connectivity index (χ3n) is 4.63. The number of fused-ring (bicyclic) bond motifs is 1. The molecule has 0 bridgehead atoms. The number of thiazole rings is 1. The Kier molecular flexibility index (Phi) is 5.73. The number of benzene rings is 2. The molecule has 0 aliphatic carbocycles. The van der Waals surface area contributed by atoms with E-state index in [1.54, 1.807) is 30.2 Å². The van der Waals surface area contributed by atoms with E-state index in [9.17, 15) is 4.79 Å². The Labute approximate surface area is 176 Å². The highest BCUT2D eigenvalue weighted by Crippen LogP contribution is 2.34. The highest BCUT2D eigenvalue weighted by Gasteiger charge is 2.28. The van der Waals surface area contributed by atoms with Crippen LogP contribution < -0.4 is 9.64 Å². The van der Waals surface area contributed by atoms with Crippen LogP contribution in [0.1, 0.15) is 23.2 Å². The maximum Gasteiger partial charge on any atom is 0.261 e. The topological polar surface area (TPSA) is 51.7 Å². The van der Waals surface area contributed by atoms with E-state index in [4.69, 9.17) is 32.7 Å². The molecule has 0 N–H and O–H groups in total. The van der Waals surface area contributed by atoms with Gasteiger partial charge in [-0.1, -0.05) is 34.5 Å². The van der Waals surface area contributed by atoms with E-state index in [1.807, 2.05) is 18.2 Å². The molecule has 8 heteroatoms. The Bertz CT molecular complexity index is 1020. The zero-order valence-corrected chi connectivity index (χ0v) is 17.5. The van der Waals surface area contributed by atoms with Crippen molar-refractivity contribution in [2.75, 3.05) is 25.2 Å². The van der Waals surface area contributed by atoms with Crippen molar-refractivity contribution in [3.63, 3.8) is 0 Å². The van der Waals surface area contributed by atoms with Crippen molar-refractivity contribution < 1.29 is 14.3 Å². The first-order valence-corrected chi connectivity index (χ1v) is 10.5. The molecule has 1 aliphatic rings. The molecule has 1 atom stereocenters. The largest absolute Gasteiger partial charge is 0.497 e. The summed E-state index contributed by atoms with van der Waals surface area (Å²) in [6, 6.07) is 10.5. The fourth-order valence-electron chi connectivity index (χ4n) is 3.18. The van der Waals surface area contributed by atoms with Gasteiger partial charge in [-0.05, 0) is 49.2 Å². The summed E-state index contributed by atoms with van der Waals surface area (Å²) in [5.41, 5.74) is 1.20. The number of aromatic nitrogens is 1. The number of methoxy groups -OCH3 is 1. The highest BCUT2D eigenvalue weighted by atomic mass is 35.5. The van der Waals surface area contributed by atoms with Crippen LogP contribution in [0.25, 0.3) is 10.2 Å². The standard InChI is InChI=1S/C20H18Cl2N2O3S/c1-26-13-5-7-17-18(10-13)28-20(23-17)24(11-14-3-2-8-27-14)19(25)15-6-4-12(21)9-16(15)22/h4-7,9-10,14H,2-3,8,11H2,1H3. The summed E-state index contributed by atoms with van der Waals surface area (Å²) in [4.78, 5) is 19.7. The van der Waals surface area contributed by atoms with Crippen molar-refractivity contribution in [1.82, 2.24) is 4.98 Å². The lowest BCUT2D eigenvalue weighted by Crippen LogP contribution is -2.37. The van der Waals surface area contributed by atoms with Gasteiger partial charge in [-0.25, -0.2) is 4.98 Å². The van der Waals surface area contributed by atoms with Gasteiger partial charge in [0.2, 0.25) is 0 Å². The van der Waals surface area contributed by atoms with Crippen LogP contribution in [0, 0.1) is 0 Å². The summed E-state index contributed by atoms with van der Waals surface area (Å²) in [6.45, 7) is 1.14. The number of rotatable bonds is 5. The first-order chi connectivity index (χ1) is 13.5. The zero-order chi connectivity index (χ0) is 19.7. The number of amides is 1. The molecule has 1 aromatic heterocycles. The van der Waals surface area contributed by atoms with Gasteiger partial charge in [0.25, 0.3) is 5.91 Å². The quantitative estimate of drug-likeness (QED) is 0.534. The van der Waals surface area contributed by atoms with Crippen molar-refractivity contribution in [2.24, 2.45) is 0 Å². The third-order valence-corrected chi connectivity index (χ3v) is 6.22. The molecule has 0 saturated carbocycles. The fraction of sp³-hybridized carbons (Fsp3) is 0.300. The first kappa shape index (κ1) is 19.5. The Morgan fingerprint density at radius 1 is 1.32 bits per heavy atom. The van der Waals surface area contributed by atoms with Gasteiger partial charge >= 0.3 is 0 Å². The summed E-state index contributed by atoms with van der Waals surface area (Å²) in [7, 11) is 1.62. The van der Waals surface area contributed by atoms with Crippen LogP contribution in [-0.2, 0) is 4.74 Å². The average Bonchev–Trinajstić information content (AvgIpc) is 3.34. The van der Waals surface area contributed by atoms with Crippen LogP contribution in [0.4, 0.5) is 5.13 Å². The molecule has 5 nitrogen and oxygen atoms in total. The van der Waals surface area contributed by atoms with Crippen molar-refractivity contribution in [3.8, 4) is 5.75 Å². The van der Waals surface area contributed by atoms with Gasteiger partial charge in [0.15, 0.2) is 5.13 Å². The van der Waals surface area contributed by atoms with E-state index in [1.165, 1.54) is 11.3 Å². The highest BCUT2D eigenvalue weighted by molar-refractivity contribution is 7.22. The van der Waals surface area contributed by atoms with Crippen LogP contribution in [0.2, 0.25) is 10.0 Å². The lowest BCUT2D eigenvalue weighted by molar-refractivity contribution is 0.0917.